The zero-order chi connectivity index (χ0) is 101. The molecule has 0 spiro atoms. The van der Waals surface area contributed by atoms with Crippen LogP contribution < -0.4 is 26.6 Å². The van der Waals surface area contributed by atoms with E-state index in [1.807, 2.05) is 251 Å². The molecule has 0 aliphatic carbocycles. The van der Waals surface area contributed by atoms with Crippen molar-refractivity contribution in [3.63, 3.8) is 0 Å². The Balaban J connectivity index is 0.000000108. The Morgan fingerprint density at radius 2 is 0.689 bits per heavy atom. The molecule has 746 valence electrons. The highest BCUT2D eigenvalue weighted by molar-refractivity contribution is 6.16. The van der Waals surface area contributed by atoms with Crippen LogP contribution in [0.3, 0.4) is 0 Å². The Labute approximate surface area is 853 Å². The molecular formula is C117H113F2N23O6. The second-order valence-corrected chi connectivity index (χ2v) is 39.0. The topological polar surface area (TPSA) is 341 Å². The quantitative estimate of drug-likeness (QED) is 0.0564. The number of aromatic nitrogens is 9. The lowest BCUT2D eigenvalue weighted by Gasteiger charge is -2.35. The van der Waals surface area contributed by atoms with Gasteiger partial charge in [0.15, 0.2) is 29.1 Å². The van der Waals surface area contributed by atoms with Gasteiger partial charge in [-0.25, -0.2) is 8.78 Å². The lowest BCUT2D eigenvalue weighted by atomic mass is 9.92. The number of likely N-dealkylation sites (N-methyl/N-ethyl adjacent to an activating group) is 1. The molecule has 148 heavy (non-hydrogen) atoms. The van der Waals surface area contributed by atoms with Gasteiger partial charge >= 0.3 is 0 Å². The smallest absolute Gasteiger partial charge is 0.254 e. The predicted molar refractivity (Wildman–Crippen MR) is 580 cm³/mol. The number of aliphatic imine (C=N–C) groups is 3. The Morgan fingerprint density at radius 1 is 0.351 bits per heavy atom. The fourth-order valence-corrected chi connectivity index (χ4v) is 20.8. The van der Waals surface area contributed by atoms with Crippen LogP contribution in [-0.4, -0.2) is 225 Å². The fourth-order valence-electron chi connectivity index (χ4n) is 20.8. The van der Waals surface area contributed by atoms with E-state index < -0.39 is 11.8 Å². The van der Waals surface area contributed by atoms with Crippen molar-refractivity contribution >= 4 is 169 Å². The summed E-state index contributed by atoms with van der Waals surface area (Å²) in [5.74, 6) is 4.05. The lowest BCUT2D eigenvalue weighted by molar-refractivity contribution is -0.121. The molecule has 25 rings (SSSR count). The third-order valence-electron chi connectivity index (χ3n) is 28.7. The number of pyridine rings is 5. The molecule has 31 heteroatoms. The van der Waals surface area contributed by atoms with Crippen LogP contribution in [-0.2, 0) is 24.4 Å². The maximum Gasteiger partial charge on any atom is 0.254 e. The minimum Gasteiger partial charge on any atom is -0.339 e. The molecule has 5 saturated heterocycles. The number of piperazine rings is 1. The van der Waals surface area contributed by atoms with E-state index in [1.54, 1.807) is 54.6 Å². The maximum absolute atomic E-state index is 14.4. The number of likely N-dealkylation sites (tertiary alicyclic amines) is 4. The molecule has 7 aromatic heterocycles. The number of alkyl halides is 2. The number of hydrogen-bond donors (Lipinski definition) is 7. The number of nitrogens with zero attached hydrogens (tertiary/aromatic N) is 16. The van der Waals surface area contributed by atoms with Crippen molar-refractivity contribution < 1.29 is 37.5 Å². The number of ketones is 1. The molecule has 17 aromatic rings. The number of anilines is 7. The summed E-state index contributed by atoms with van der Waals surface area (Å²) in [6.07, 6.45) is 16.4. The average molecular weight is 1980 g/mol. The summed E-state index contributed by atoms with van der Waals surface area (Å²) in [5.41, 5.74) is 16.0. The molecule has 15 heterocycles. The van der Waals surface area contributed by atoms with Crippen LogP contribution in [0.2, 0.25) is 0 Å². The van der Waals surface area contributed by atoms with Gasteiger partial charge in [-0.15, -0.1) is 0 Å². The van der Waals surface area contributed by atoms with Gasteiger partial charge in [0, 0.05) is 175 Å². The van der Waals surface area contributed by atoms with E-state index in [1.165, 1.54) is 12.8 Å². The van der Waals surface area contributed by atoms with Crippen LogP contribution in [0.15, 0.2) is 289 Å². The van der Waals surface area contributed by atoms with E-state index in [2.05, 4.69) is 105 Å². The minimum atomic E-state index is -1.32. The highest BCUT2D eigenvalue weighted by Gasteiger charge is 2.36. The van der Waals surface area contributed by atoms with Gasteiger partial charge in [-0.05, 0) is 260 Å². The normalized spacial score (nSPS) is 17.1. The van der Waals surface area contributed by atoms with Crippen molar-refractivity contribution in [1.29, 1.82) is 0 Å². The minimum absolute atomic E-state index is 0.0339. The molecule has 5 amide bonds. The number of nitrogens with one attached hydrogen (secondary N) is 7. The van der Waals surface area contributed by atoms with Crippen molar-refractivity contribution in [3.05, 3.63) is 335 Å². The van der Waals surface area contributed by atoms with Crippen molar-refractivity contribution in [1.82, 2.24) is 74.7 Å². The van der Waals surface area contributed by atoms with E-state index in [4.69, 9.17) is 0 Å². The number of fused-ring (bicyclic) bond motifs is 10. The predicted octanol–water partition coefficient (Wildman–Crippen LogP) is 20.9. The highest BCUT2D eigenvalue weighted by Crippen LogP contribution is 2.37. The molecule has 29 nitrogen and oxygen atoms in total. The van der Waals surface area contributed by atoms with Gasteiger partial charge < -0.3 is 56.0 Å². The first-order chi connectivity index (χ1) is 72.3. The molecule has 5 fully saturated rings. The molecule has 10 aromatic carbocycles. The number of carbonyl (C=O) groups excluding carboxylic acids is 6. The number of hydrogen-bond acceptors (Lipinski definition) is 22. The molecule has 0 bridgehead atoms. The van der Waals surface area contributed by atoms with Crippen LogP contribution in [0, 0.1) is 5.92 Å². The molecule has 2 atom stereocenters. The molecule has 7 N–H and O–H groups in total. The number of H-pyrrole nitrogens is 2. The Morgan fingerprint density at radius 3 is 1.07 bits per heavy atom. The van der Waals surface area contributed by atoms with Crippen molar-refractivity contribution in [2.45, 2.75) is 110 Å². The summed E-state index contributed by atoms with van der Waals surface area (Å²) in [7, 11) is 2.09. The Hall–Kier alpha value is -17.0. The number of carbonyl (C=O) groups is 6. The van der Waals surface area contributed by atoms with Crippen molar-refractivity contribution in [2.24, 2.45) is 20.9 Å². The van der Waals surface area contributed by atoms with Gasteiger partial charge in [-0.2, -0.15) is 10.2 Å². The summed E-state index contributed by atoms with van der Waals surface area (Å²) in [4.78, 5) is 124. The highest BCUT2D eigenvalue weighted by atomic mass is 19.1. The summed E-state index contributed by atoms with van der Waals surface area (Å²) < 4.78 is 28.2. The average Bonchev–Trinajstić information content (AvgIpc) is 1.09. The lowest BCUT2D eigenvalue weighted by Crippen LogP contribution is -2.47. The fraction of sp³-hybridized carbons (Fsp3) is 0.265. The Kier molecular flexibility index (Phi) is 28.6. The van der Waals surface area contributed by atoms with Crippen molar-refractivity contribution in [2.75, 3.05) is 112 Å². The number of amidine groups is 3. The second-order valence-electron chi connectivity index (χ2n) is 39.0. The van der Waals surface area contributed by atoms with Crippen LogP contribution in [0.1, 0.15) is 164 Å². The number of benzene rings is 10. The van der Waals surface area contributed by atoms with E-state index >= 15 is 0 Å². The van der Waals surface area contributed by atoms with Crippen LogP contribution in [0.25, 0.3) is 75.9 Å². The molecule has 8 aliphatic heterocycles. The molecular weight excluding hydrogens is 1860 g/mol. The van der Waals surface area contributed by atoms with Crippen LogP contribution in [0.4, 0.5) is 48.9 Å². The third kappa shape index (κ3) is 21.6. The van der Waals surface area contributed by atoms with Crippen LogP contribution >= 0.6 is 0 Å². The second kappa shape index (κ2) is 43.5. The molecule has 2 unspecified atom stereocenters. The molecule has 8 aliphatic rings. The van der Waals surface area contributed by atoms with E-state index in [-0.39, 0.29) is 54.3 Å². The van der Waals surface area contributed by atoms with Crippen LogP contribution in [0.5, 0.6) is 0 Å². The van der Waals surface area contributed by atoms with Gasteiger partial charge in [0.2, 0.25) is 0 Å². The zero-order valence-corrected chi connectivity index (χ0v) is 82.7. The van der Waals surface area contributed by atoms with E-state index in [9.17, 15) is 37.5 Å². The van der Waals surface area contributed by atoms with Gasteiger partial charge in [-0.3, -0.25) is 78.9 Å². The number of Topliss-reactive ketones (excluding diaryl/α,β-unsaturated/α-hetero) is 1. The first-order valence-corrected chi connectivity index (χ1v) is 50.8. The summed E-state index contributed by atoms with van der Waals surface area (Å²) >= 11 is 0. The Bertz CT molecular complexity index is 8040. The van der Waals surface area contributed by atoms with Gasteiger partial charge in [0.25, 0.3) is 29.5 Å². The number of rotatable bonds is 13. The SMILES string of the molecule is CC(=O)C1CCN(C(=O)c2cccc3cc(NC4=NCc5cccnc54)ccc23)CC1.CC1(F)CCCN(C(=O)c2cccc3cc(NC4=NCc5cccnc54)ccc23)C1.CN1CCN(C(=O)c2cccc3cc(Nc4n[nH]c5cccnc45)ccc23)CC1.O=C(c1cccc2cc(NC3=NCc4cccnc43)ccc12)N1CCCC(F)C1.O=C(c1cccc2cc(Nc3n[nH]c4cccnc34)ccc12)N1CCCCCC1. The third-order valence-corrected chi connectivity index (χ3v) is 28.7. The summed E-state index contributed by atoms with van der Waals surface area (Å²) in [6.45, 7) is 13.0. The van der Waals surface area contributed by atoms with Gasteiger partial charge in [0.05, 0.1) is 43.8 Å². The number of halogens is 2. The first kappa shape index (κ1) is 97.1. The summed E-state index contributed by atoms with van der Waals surface area (Å²) in [5, 5.41) is 40.9. The largest absolute Gasteiger partial charge is 0.339 e. The monoisotopic (exact) mass is 1970 g/mol. The van der Waals surface area contributed by atoms with E-state index in [0.717, 1.165) is 232 Å². The van der Waals surface area contributed by atoms with E-state index in [0.29, 0.717) is 99.8 Å². The van der Waals surface area contributed by atoms with Gasteiger partial charge in [0.1, 0.15) is 45.7 Å². The number of amides is 5. The summed E-state index contributed by atoms with van der Waals surface area (Å²) in [6, 6.07) is 78.4. The van der Waals surface area contributed by atoms with Gasteiger partial charge in [-0.1, -0.05) is 122 Å². The number of piperidine rings is 3. The number of aromatic amines is 2. The van der Waals surface area contributed by atoms with Crippen molar-refractivity contribution in [3.8, 4) is 0 Å². The first-order valence-electron chi connectivity index (χ1n) is 50.8. The zero-order valence-electron chi connectivity index (χ0n) is 82.7. The molecule has 0 radical (unpaired) electrons. The maximum atomic E-state index is 14.4. The standard InChI is InChI=1S/C25H24N4O2.C24H23FN4O.C23H21FN4O.C23H23N5O.C22H22N6O/c1-16(30)17-9-12-29(13-10-17)25(31)22-6-2-4-18-14-20(7-8-21(18)22)28-24-23-19(15-27-24)5-3-11-26-23;1-24(25)10-4-12-29(15-24)23(30)20-7-2-5-16-13-18(8-9-19(16)20)28-22-21-17(14-27-22)6-3-11-26-21;24-17-6-3-11-28(14-17)23(29)20-7-1-4-15-12-18(8-9-19(15)20)27-22-21-16(13-26-22)5-2-10-25-21;29-23(28-13-3-1-2-4-14-28)19-8-5-7-16-15-17(10-11-18(16)19)25-22-21-20(26-27-22)9-6-12-24-21;1-27-10-12-28(13-11-27)22(29)18-5-2-4-15-14-16(7-8-17(15)18)24-21-20-19(25-26-21)6-3-9-23-20/h2-8,11,14,17H,9-10,12-13,15H2,1H3,(H,27,28);2-3,5-9,11,13H,4,10,12,14-15H2,1H3,(H,27,28);1-2,4-5,7-10,12,17H,3,6,11,13-14H2,(H,26,27);5-12,15H,1-4,13-14H2,(H2,25,26,27);2-9,14H,10-13H2,1H3,(H2,24,25,26). The molecule has 0 saturated carbocycles.